The van der Waals surface area contributed by atoms with E-state index in [0.717, 1.165) is 37.4 Å². The summed E-state index contributed by atoms with van der Waals surface area (Å²) >= 11 is 0. The van der Waals surface area contributed by atoms with Crippen LogP contribution >= 0.6 is 0 Å². The van der Waals surface area contributed by atoms with Gasteiger partial charge in [0.25, 0.3) is 5.91 Å². The van der Waals surface area contributed by atoms with Gasteiger partial charge in [-0.3, -0.25) is 4.79 Å². The molecule has 24 heavy (non-hydrogen) atoms. The molecular weight excluding hydrogens is 302 g/mol. The largest absolute Gasteiger partial charge is 0.497 e. The molecule has 5 nitrogen and oxygen atoms in total. The number of amides is 1. The number of nitrogens with one attached hydrogen (secondary N) is 1. The number of carbonyl (C=O) groups excluding carboxylic acids is 1. The fourth-order valence-electron chi connectivity index (χ4n) is 2.48. The lowest BCUT2D eigenvalue weighted by Gasteiger charge is -2.21. The first-order valence-corrected chi connectivity index (χ1v) is 8.34. The molecule has 0 saturated heterocycles. The molecule has 1 heterocycles. The van der Waals surface area contributed by atoms with Gasteiger partial charge in [-0.25, -0.2) is 4.98 Å². The summed E-state index contributed by atoms with van der Waals surface area (Å²) in [4.78, 5) is 18.8. The molecular formula is C19H25N3O2. The van der Waals surface area contributed by atoms with E-state index in [9.17, 15) is 4.79 Å². The lowest BCUT2D eigenvalue weighted by atomic mass is 10.2. The maximum atomic E-state index is 12.5. The van der Waals surface area contributed by atoms with Gasteiger partial charge in [0.15, 0.2) is 0 Å². The van der Waals surface area contributed by atoms with Gasteiger partial charge in [0.05, 0.1) is 12.7 Å². The van der Waals surface area contributed by atoms with E-state index in [2.05, 4.69) is 24.1 Å². The summed E-state index contributed by atoms with van der Waals surface area (Å²) in [6.45, 7) is 5.71. The molecule has 128 valence electrons. The van der Waals surface area contributed by atoms with Crippen LogP contribution in [0.25, 0.3) is 0 Å². The van der Waals surface area contributed by atoms with E-state index < -0.39 is 0 Å². The fraction of sp³-hybridized carbons (Fsp3) is 0.368. The third kappa shape index (κ3) is 4.72. The molecule has 0 saturated carbocycles. The predicted octanol–water partition coefficient (Wildman–Crippen LogP) is 4.10. The number of carbonyl (C=O) groups is 1. The maximum absolute atomic E-state index is 12.5. The molecule has 0 aliphatic rings. The van der Waals surface area contributed by atoms with Crippen molar-refractivity contribution in [1.82, 2.24) is 9.88 Å². The van der Waals surface area contributed by atoms with Gasteiger partial charge in [0, 0.05) is 31.0 Å². The van der Waals surface area contributed by atoms with E-state index in [1.54, 1.807) is 13.3 Å². The molecule has 0 aliphatic carbocycles. The standard InChI is InChI=1S/C19H25N3O2/c1-4-11-22(12-5-2)19(23)15-9-10-18(20-14-15)21-16-7-6-8-17(13-16)24-3/h6-10,13-14H,4-5,11-12H2,1-3H3,(H,20,21). The number of ether oxygens (including phenoxy) is 1. The molecule has 1 aromatic carbocycles. The van der Waals surface area contributed by atoms with Crippen molar-refractivity contribution in [3.05, 3.63) is 48.2 Å². The van der Waals surface area contributed by atoms with E-state index in [1.165, 1.54) is 0 Å². The first-order valence-electron chi connectivity index (χ1n) is 8.34. The number of pyridine rings is 1. The van der Waals surface area contributed by atoms with Gasteiger partial charge in [0.2, 0.25) is 0 Å². The highest BCUT2D eigenvalue weighted by Crippen LogP contribution is 2.20. The monoisotopic (exact) mass is 327 g/mol. The summed E-state index contributed by atoms with van der Waals surface area (Å²) in [5.41, 5.74) is 1.51. The van der Waals surface area contributed by atoms with Crippen molar-refractivity contribution < 1.29 is 9.53 Å². The Morgan fingerprint density at radius 1 is 1.17 bits per heavy atom. The zero-order chi connectivity index (χ0) is 17.4. The molecule has 5 heteroatoms. The second kappa shape index (κ2) is 8.91. The zero-order valence-corrected chi connectivity index (χ0v) is 14.6. The minimum Gasteiger partial charge on any atom is -0.497 e. The van der Waals surface area contributed by atoms with Crippen LogP contribution in [0, 0.1) is 0 Å². The van der Waals surface area contributed by atoms with Crippen LogP contribution in [0.1, 0.15) is 37.0 Å². The van der Waals surface area contributed by atoms with Gasteiger partial charge >= 0.3 is 0 Å². The summed E-state index contributed by atoms with van der Waals surface area (Å²) < 4.78 is 5.20. The van der Waals surface area contributed by atoms with E-state index in [0.29, 0.717) is 11.4 Å². The van der Waals surface area contributed by atoms with Gasteiger partial charge in [-0.15, -0.1) is 0 Å². The number of benzene rings is 1. The van der Waals surface area contributed by atoms with Crippen LogP contribution in [0.4, 0.5) is 11.5 Å². The molecule has 0 spiro atoms. The van der Waals surface area contributed by atoms with Gasteiger partial charge in [-0.2, -0.15) is 0 Å². The molecule has 1 N–H and O–H groups in total. The minimum atomic E-state index is 0.0409. The summed E-state index contributed by atoms with van der Waals surface area (Å²) in [6, 6.07) is 11.3. The van der Waals surface area contributed by atoms with Crippen LogP contribution in [-0.4, -0.2) is 36.0 Å². The van der Waals surface area contributed by atoms with Crippen molar-refractivity contribution in [3.8, 4) is 5.75 Å². The summed E-state index contributed by atoms with van der Waals surface area (Å²) in [6.07, 6.45) is 3.53. The van der Waals surface area contributed by atoms with Crippen molar-refractivity contribution in [3.63, 3.8) is 0 Å². The first kappa shape index (κ1) is 17.8. The Morgan fingerprint density at radius 3 is 2.50 bits per heavy atom. The molecule has 0 radical (unpaired) electrons. The van der Waals surface area contributed by atoms with Crippen LogP contribution < -0.4 is 10.1 Å². The first-order chi connectivity index (χ1) is 11.7. The van der Waals surface area contributed by atoms with Crippen LogP contribution in [0.2, 0.25) is 0 Å². The Balaban J connectivity index is 2.07. The molecule has 0 fully saturated rings. The highest BCUT2D eigenvalue weighted by Gasteiger charge is 2.14. The topological polar surface area (TPSA) is 54.5 Å². The Labute approximate surface area is 143 Å². The SMILES string of the molecule is CCCN(CCC)C(=O)c1ccc(Nc2cccc(OC)c2)nc1. The molecule has 1 amide bonds. The smallest absolute Gasteiger partial charge is 0.255 e. The number of hydrogen-bond donors (Lipinski definition) is 1. The Morgan fingerprint density at radius 2 is 1.92 bits per heavy atom. The fourth-order valence-corrected chi connectivity index (χ4v) is 2.48. The number of anilines is 2. The Bertz CT molecular complexity index is 650. The normalized spacial score (nSPS) is 10.3. The van der Waals surface area contributed by atoms with Gasteiger partial charge in [-0.05, 0) is 37.1 Å². The van der Waals surface area contributed by atoms with Crippen LogP contribution in [0.15, 0.2) is 42.6 Å². The highest BCUT2D eigenvalue weighted by atomic mass is 16.5. The Kier molecular flexibility index (Phi) is 6.61. The summed E-state index contributed by atoms with van der Waals surface area (Å²) in [7, 11) is 1.64. The average Bonchev–Trinajstić information content (AvgIpc) is 2.62. The number of methoxy groups -OCH3 is 1. The van der Waals surface area contributed by atoms with Crippen molar-refractivity contribution in [2.75, 3.05) is 25.5 Å². The lowest BCUT2D eigenvalue weighted by Crippen LogP contribution is -2.32. The number of hydrogen-bond acceptors (Lipinski definition) is 4. The van der Waals surface area contributed by atoms with E-state index >= 15 is 0 Å². The summed E-state index contributed by atoms with van der Waals surface area (Å²) in [5, 5.41) is 3.21. The highest BCUT2D eigenvalue weighted by molar-refractivity contribution is 5.94. The third-order valence-corrected chi connectivity index (χ3v) is 3.63. The van der Waals surface area contributed by atoms with Crippen LogP contribution in [0.3, 0.4) is 0 Å². The number of rotatable bonds is 8. The second-order valence-electron chi connectivity index (χ2n) is 5.58. The quantitative estimate of drug-likeness (QED) is 0.793. The summed E-state index contributed by atoms with van der Waals surface area (Å²) in [5.74, 6) is 1.51. The minimum absolute atomic E-state index is 0.0409. The van der Waals surface area contributed by atoms with Gasteiger partial charge < -0.3 is 15.0 Å². The second-order valence-corrected chi connectivity index (χ2v) is 5.58. The van der Waals surface area contributed by atoms with Crippen molar-refractivity contribution in [1.29, 1.82) is 0 Å². The molecule has 1 aromatic heterocycles. The maximum Gasteiger partial charge on any atom is 0.255 e. The Hall–Kier alpha value is -2.56. The van der Waals surface area contributed by atoms with Crippen molar-refractivity contribution in [2.24, 2.45) is 0 Å². The van der Waals surface area contributed by atoms with E-state index in [-0.39, 0.29) is 5.91 Å². The molecule has 0 aliphatic heterocycles. The molecule has 0 unspecified atom stereocenters. The molecule has 0 bridgehead atoms. The van der Waals surface area contributed by atoms with Gasteiger partial charge in [0.1, 0.15) is 11.6 Å². The number of aromatic nitrogens is 1. The van der Waals surface area contributed by atoms with Crippen LogP contribution in [0.5, 0.6) is 5.75 Å². The predicted molar refractivity (Wildman–Crippen MR) is 97.0 cm³/mol. The molecule has 2 aromatic rings. The molecule has 2 rings (SSSR count). The lowest BCUT2D eigenvalue weighted by molar-refractivity contribution is 0.0755. The van der Waals surface area contributed by atoms with Crippen molar-refractivity contribution in [2.45, 2.75) is 26.7 Å². The average molecular weight is 327 g/mol. The van der Waals surface area contributed by atoms with E-state index in [1.807, 2.05) is 41.3 Å². The van der Waals surface area contributed by atoms with Gasteiger partial charge in [-0.1, -0.05) is 19.9 Å². The van der Waals surface area contributed by atoms with Crippen molar-refractivity contribution >= 4 is 17.4 Å². The van der Waals surface area contributed by atoms with E-state index in [4.69, 9.17) is 4.74 Å². The number of nitrogens with zero attached hydrogens (tertiary/aromatic N) is 2. The van der Waals surface area contributed by atoms with Crippen LogP contribution in [-0.2, 0) is 0 Å². The third-order valence-electron chi connectivity index (χ3n) is 3.63. The molecule has 0 atom stereocenters. The zero-order valence-electron chi connectivity index (χ0n) is 14.6.